The van der Waals surface area contributed by atoms with Gasteiger partial charge in [0.1, 0.15) is 0 Å². The number of hydrogen-bond acceptors (Lipinski definition) is 4. The molecule has 0 spiro atoms. The second-order valence-corrected chi connectivity index (χ2v) is 9.22. The number of anilines is 1. The molecule has 184 valence electrons. The highest BCUT2D eigenvalue weighted by molar-refractivity contribution is 6.00. The van der Waals surface area contributed by atoms with Crippen molar-refractivity contribution in [1.29, 1.82) is 0 Å². The van der Waals surface area contributed by atoms with Gasteiger partial charge in [-0.25, -0.2) is 0 Å². The van der Waals surface area contributed by atoms with Crippen LogP contribution >= 0.6 is 0 Å². The van der Waals surface area contributed by atoms with Crippen LogP contribution < -0.4 is 10.2 Å². The highest BCUT2D eigenvalue weighted by atomic mass is 16.1. The first-order chi connectivity index (χ1) is 17.8. The second-order valence-electron chi connectivity index (χ2n) is 9.22. The molecule has 1 amide bonds. The minimum Gasteiger partial charge on any atom is -0.369 e. The van der Waals surface area contributed by atoms with Crippen LogP contribution in [0, 0.1) is 0 Å². The topological polar surface area (TPSA) is 53.4 Å². The van der Waals surface area contributed by atoms with Gasteiger partial charge in [0, 0.05) is 56.4 Å². The Hall–Kier alpha value is -3.90. The molecule has 1 aliphatic rings. The summed E-state index contributed by atoms with van der Waals surface area (Å²) in [7, 11) is 0. The van der Waals surface area contributed by atoms with Gasteiger partial charge in [-0.05, 0) is 53.9 Å². The van der Waals surface area contributed by atoms with E-state index in [0.717, 1.165) is 56.8 Å². The number of nitrogens with zero attached hydrogens (tertiary/aromatic N) is 4. The van der Waals surface area contributed by atoms with E-state index in [0.29, 0.717) is 12.1 Å². The average molecular weight is 480 g/mol. The second kappa shape index (κ2) is 11.7. The molecular formula is C30H33N5O. The Balaban J connectivity index is 1.10. The lowest BCUT2D eigenvalue weighted by Gasteiger charge is -2.36. The summed E-state index contributed by atoms with van der Waals surface area (Å²) in [6, 6.07) is 28.7. The van der Waals surface area contributed by atoms with Crippen LogP contribution in [0.15, 0.2) is 97.3 Å². The molecule has 0 bridgehead atoms. The number of amides is 1. The molecule has 0 aliphatic carbocycles. The van der Waals surface area contributed by atoms with Gasteiger partial charge in [0.05, 0.1) is 6.54 Å². The lowest BCUT2D eigenvalue weighted by atomic mass is 9.98. The van der Waals surface area contributed by atoms with Crippen molar-refractivity contribution in [2.45, 2.75) is 13.0 Å². The highest BCUT2D eigenvalue weighted by Crippen LogP contribution is 2.24. The van der Waals surface area contributed by atoms with Crippen LogP contribution in [0.1, 0.15) is 22.3 Å². The number of benzene rings is 3. The predicted octanol–water partition coefficient (Wildman–Crippen LogP) is 4.54. The van der Waals surface area contributed by atoms with Crippen molar-refractivity contribution in [1.82, 2.24) is 20.0 Å². The fraction of sp³-hybridized carbons (Fsp3) is 0.267. The third-order valence-corrected chi connectivity index (χ3v) is 6.77. The van der Waals surface area contributed by atoms with Gasteiger partial charge in [-0.3, -0.25) is 14.4 Å². The first kappa shape index (κ1) is 23.8. The SMILES string of the molecule is O=C(NCCCN1CCN(c2ccccc2)CC1)c1ccccc1-c1ccc(Cn2cccn2)cc1. The van der Waals surface area contributed by atoms with E-state index < -0.39 is 0 Å². The number of aromatic nitrogens is 2. The lowest BCUT2D eigenvalue weighted by Crippen LogP contribution is -2.47. The van der Waals surface area contributed by atoms with E-state index >= 15 is 0 Å². The van der Waals surface area contributed by atoms with E-state index in [2.05, 4.69) is 74.8 Å². The lowest BCUT2D eigenvalue weighted by molar-refractivity contribution is 0.0952. The van der Waals surface area contributed by atoms with Crippen LogP contribution in [-0.2, 0) is 6.54 Å². The van der Waals surface area contributed by atoms with E-state index in [9.17, 15) is 4.79 Å². The molecule has 6 nitrogen and oxygen atoms in total. The maximum Gasteiger partial charge on any atom is 0.251 e. The summed E-state index contributed by atoms with van der Waals surface area (Å²) in [6.45, 7) is 6.62. The molecule has 2 heterocycles. The summed E-state index contributed by atoms with van der Waals surface area (Å²) < 4.78 is 1.90. The molecule has 3 aromatic carbocycles. The summed E-state index contributed by atoms with van der Waals surface area (Å²) in [5.41, 5.74) is 5.19. The molecule has 6 heteroatoms. The van der Waals surface area contributed by atoms with E-state index in [1.807, 2.05) is 41.2 Å². The summed E-state index contributed by atoms with van der Waals surface area (Å²) in [5.74, 6) is -0.0138. The minimum absolute atomic E-state index is 0.0138. The van der Waals surface area contributed by atoms with Gasteiger partial charge in [0.25, 0.3) is 5.91 Å². The summed E-state index contributed by atoms with van der Waals surface area (Å²) >= 11 is 0. The molecule has 5 rings (SSSR count). The van der Waals surface area contributed by atoms with E-state index in [1.54, 1.807) is 6.20 Å². The van der Waals surface area contributed by atoms with Crippen LogP contribution in [0.4, 0.5) is 5.69 Å². The molecule has 1 fully saturated rings. The zero-order valence-electron chi connectivity index (χ0n) is 20.6. The third-order valence-electron chi connectivity index (χ3n) is 6.77. The van der Waals surface area contributed by atoms with Crippen molar-refractivity contribution in [3.8, 4) is 11.1 Å². The fourth-order valence-electron chi connectivity index (χ4n) is 4.77. The molecule has 36 heavy (non-hydrogen) atoms. The van der Waals surface area contributed by atoms with Gasteiger partial charge in [-0.1, -0.05) is 60.7 Å². The molecule has 4 aromatic rings. The zero-order valence-corrected chi connectivity index (χ0v) is 20.6. The molecule has 0 unspecified atom stereocenters. The molecule has 1 aromatic heterocycles. The number of para-hydroxylation sites is 1. The molecule has 1 aliphatic heterocycles. The van der Waals surface area contributed by atoms with Crippen molar-refractivity contribution in [3.63, 3.8) is 0 Å². The Morgan fingerprint density at radius 2 is 1.58 bits per heavy atom. The number of carbonyl (C=O) groups excluding carboxylic acids is 1. The van der Waals surface area contributed by atoms with Gasteiger partial charge in [0.2, 0.25) is 0 Å². The smallest absolute Gasteiger partial charge is 0.251 e. The van der Waals surface area contributed by atoms with Crippen LogP contribution in [0.2, 0.25) is 0 Å². The van der Waals surface area contributed by atoms with Crippen molar-refractivity contribution < 1.29 is 4.79 Å². The number of piperazine rings is 1. The molecule has 0 atom stereocenters. The maximum atomic E-state index is 13.0. The van der Waals surface area contributed by atoms with Crippen LogP contribution in [-0.4, -0.2) is 59.9 Å². The predicted molar refractivity (Wildman–Crippen MR) is 145 cm³/mol. The van der Waals surface area contributed by atoms with Crippen LogP contribution in [0.25, 0.3) is 11.1 Å². The normalized spacial score (nSPS) is 14.1. The maximum absolute atomic E-state index is 13.0. The molecule has 0 radical (unpaired) electrons. The third kappa shape index (κ3) is 6.01. The van der Waals surface area contributed by atoms with Crippen LogP contribution in [0.3, 0.4) is 0 Å². The van der Waals surface area contributed by atoms with Crippen LogP contribution in [0.5, 0.6) is 0 Å². The Morgan fingerprint density at radius 1 is 0.833 bits per heavy atom. The van der Waals surface area contributed by atoms with Crippen molar-refractivity contribution in [2.75, 3.05) is 44.2 Å². The van der Waals surface area contributed by atoms with Gasteiger partial charge in [0.15, 0.2) is 0 Å². The Morgan fingerprint density at radius 3 is 2.33 bits per heavy atom. The number of carbonyl (C=O) groups is 1. The van der Waals surface area contributed by atoms with E-state index in [4.69, 9.17) is 0 Å². The Bertz CT molecular complexity index is 1230. The molecule has 1 saturated heterocycles. The first-order valence-electron chi connectivity index (χ1n) is 12.7. The zero-order chi connectivity index (χ0) is 24.6. The average Bonchev–Trinajstić information content (AvgIpc) is 3.45. The Kier molecular flexibility index (Phi) is 7.73. The summed E-state index contributed by atoms with van der Waals surface area (Å²) in [5, 5.41) is 7.41. The van der Waals surface area contributed by atoms with Gasteiger partial charge < -0.3 is 10.2 Å². The van der Waals surface area contributed by atoms with Crippen molar-refractivity contribution in [3.05, 3.63) is 108 Å². The molecule has 1 N–H and O–H groups in total. The van der Waals surface area contributed by atoms with E-state index in [1.165, 1.54) is 11.3 Å². The molecular weight excluding hydrogens is 446 g/mol. The summed E-state index contributed by atoms with van der Waals surface area (Å²) in [4.78, 5) is 18.0. The van der Waals surface area contributed by atoms with Crippen molar-refractivity contribution >= 4 is 11.6 Å². The fourth-order valence-corrected chi connectivity index (χ4v) is 4.77. The largest absolute Gasteiger partial charge is 0.369 e. The number of nitrogens with one attached hydrogen (secondary N) is 1. The van der Waals surface area contributed by atoms with Crippen molar-refractivity contribution in [2.24, 2.45) is 0 Å². The standard InChI is InChI=1S/C30H33N5O/c36-30(31-16-6-18-33-20-22-34(23-21-33)27-8-2-1-3-9-27)29-11-5-4-10-28(29)26-14-12-25(13-15-26)24-35-19-7-17-32-35/h1-5,7-15,17,19H,6,16,18,20-24H2,(H,31,36). The Labute approximate surface area is 213 Å². The van der Waals surface area contributed by atoms with Gasteiger partial charge in [-0.2, -0.15) is 5.10 Å². The highest BCUT2D eigenvalue weighted by Gasteiger charge is 2.17. The number of hydrogen-bond donors (Lipinski definition) is 1. The quantitative estimate of drug-likeness (QED) is 0.358. The number of rotatable bonds is 9. The molecule has 0 saturated carbocycles. The monoisotopic (exact) mass is 479 g/mol. The first-order valence-corrected chi connectivity index (χ1v) is 12.7. The van der Waals surface area contributed by atoms with Gasteiger partial charge >= 0.3 is 0 Å². The summed E-state index contributed by atoms with van der Waals surface area (Å²) in [6.07, 6.45) is 4.69. The van der Waals surface area contributed by atoms with Gasteiger partial charge in [-0.15, -0.1) is 0 Å². The van der Waals surface area contributed by atoms with E-state index in [-0.39, 0.29) is 5.91 Å². The minimum atomic E-state index is -0.0138.